The summed E-state index contributed by atoms with van der Waals surface area (Å²) in [6, 6.07) is 13.0. The van der Waals surface area contributed by atoms with Crippen molar-refractivity contribution in [3.8, 4) is 17.0 Å². The first kappa shape index (κ1) is 30.5. The SMILES string of the molecule is CN(CCCCN(C)S(N)(=O)=O)C(=O)COc1ccccc1-c1c(C2CCCCC2)c2ccc(C(=O)O)cc2n1C. The van der Waals surface area contributed by atoms with E-state index in [1.807, 2.05) is 37.4 Å². The molecule has 0 atom stereocenters. The van der Waals surface area contributed by atoms with Gasteiger partial charge in [0, 0.05) is 50.7 Å². The van der Waals surface area contributed by atoms with Crippen LogP contribution in [0, 0.1) is 0 Å². The number of carboxylic acid groups (broad SMARTS) is 1. The molecule has 2 aromatic carbocycles. The summed E-state index contributed by atoms with van der Waals surface area (Å²) in [5, 5.41) is 15.8. The standard InChI is InChI=1S/C30H40N4O6S/c1-32(17-9-10-18-33(2)41(31,38)39)27(35)20-40-26-14-8-7-13-24(26)29-28(21-11-5-4-6-12-21)23-16-15-22(30(36)37)19-25(23)34(29)3/h7-8,13-16,19,21H,4-6,9-12,17-18,20H2,1-3H3,(H,36,37)(H2,31,38,39). The molecule has 11 heteroatoms. The summed E-state index contributed by atoms with van der Waals surface area (Å²) in [4.78, 5) is 26.2. The van der Waals surface area contributed by atoms with Crippen molar-refractivity contribution >= 4 is 33.0 Å². The number of para-hydroxylation sites is 1. The van der Waals surface area contributed by atoms with Gasteiger partial charge in [0.15, 0.2) is 6.61 Å². The van der Waals surface area contributed by atoms with E-state index in [0.29, 0.717) is 31.1 Å². The predicted octanol–water partition coefficient (Wildman–Crippen LogP) is 4.34. The van der Waals surface area contributed by atoms with Crippen LogP contribution in [-0.2, 0) is 22.1 Å². The molecule has 1 fully saturated rings. The summed E-state index contributed by atoms with van der Waals surface area (Å²) < 4.78 is 31.9. The fraction of sp³-hybridized carbons (Fsp3) is 0.467. The Kier molecular flexibility index (Phi) is 9.72. The molecule has 0 aliphatic heterocycles. The van der Waals surface area contributed by atoms with E-state index in [1.165, 1.54) is 19.0 Å². The fourth-order valence-electron chi connectivity index (χ4n) is 5.70. The van der Waals surface area contributed by atoms with Crippen LogP contribution >= 0.6 is 0 Å². The van der Waals surface area contributed by atoms with Crippen molar-refractivity contribution in [2.75, 3.05) is 33.8 Å². The number of nitrogens with two attached hydrogens (primary N) is 1. The first-order valence-corrected chi connectivity index (χ1v) is 15.5. The number of carboxylic acids is 1. The van der Waals surface area contributed by atoms with Gasteiger partial charge in [0.05, 0.1) is 11.3 Å². The molecular formula is C30H40N4O6S. The average molecular weight is 585 g/mol. The molecule has 222 valence electrons. The van der Waals surface area contributed by atoms with Gasteiger partial charge in [-0.2, -0.15) is 12.7 Å². The van der Waals surface area contributed by atoms with Gasteiger partial charge >= 0.3 is 5.97 Å². The van der Waals surface area contributed by atoms with Crippen LogP contribution in [0.1, 0.15) is 66.8 Å². The Morgan fingerprint density at radius 2 is 1.73 bits per heavy atom. The van der Waals surface area contributed by atoms with Crippen LogP contribution in [0.25, 0.3) is 22.2 Å². The highest BCUT2D eigenvalue weighted by atomic mass is 32.2. The largest absolute Gasteiger partial charge is 0.483 e. The van der Waals surface area contributed by atoms with Crippen molar-refractivity contribution in [3.05, 3.63) is 53.6 Å². The maximum Gasteiger partial charge on any atom is 0.335 e. The molecule has 1 aliphatic carbocycles. The molecule has 0 saturated heterocycles. The number of hydrogen-bond acceptors (Lipinski definition) is 5. The van der Waals surface area contributed by atoms with E-state index in [2.05, 4.69) is 4.57 Å². The van der Waals surface area contributed by atoms with Crippen LogP contribution in [0.3, 0.4) is 0 Å². The lowest BCUT2D eigenvalue weighted by molar-refractivity contribution is -0.132. The van der Waals surface area contributed by atoms with Crippen molar-refractivity contribution in [1.82, 2.24) is 13.8 Å². The summed E-state index contributed by atoms with van der Waals surface area (Å²) in [7, 11) is 1.37. The monoisotopic (exact) mass is 584 g/mol. The number of ether oxygens (including phenoxy) is 1. The zero-order valence-corrected chi connectivity index (χ0v) is 24.8. The van der Waals surface area contributed by atoms with Crippen LogP contribution < -0.4 is 9.88 Å². The molecule has 0 unspecified atom stereocenters. The summed E-state index contributed by atoms with van der Waals surface area (Å²) >= 11 is 0. The second-order valence-corrected chi connectivity index (χ2v) is 12.5. The second kappa shape index (κ2) is 13.1. The molecule has 4 rings (SSSR count). The van der Waals surface area contributed by atoms with Crippen LogP contribution in [0.15, 0.2) is 42.5 Å². The minimum atomic E-state index is -3.71. The highest BCUT2D eigenvalue weighted by molar-refractivity contribution is 7.86. The third-order valence-electron chi connectivity index (χ3n) is 8.07. The van der Waals surface area contributed by atoms with Crippen LogP contribution in [0.4, 0.5) is 0 Å². The number of hydrogen-bond donors (Lipinski definition) is 2. The van der Waals surface area contributed by atoms with Crippen molar-refractivity contribution in [3.63, 3.8) is 0 Å². The Labute approximate surface area is 241 Å². The lowest BCUT2D eigenvalue weighted by Gasteiger charge is -2.24. The summed E-state index contributed by atoms with van der Waals surface area (Å²) in [6.45, 7) is 0.604. The minimum Gasteiger partial charge on any atom is -0.483 e. The van der Waals surface area contributed by atoms with Gasteiger partial charge in [-0.3, -0.25) is 4.79 Å². The van der Waals surface area contributed by atoms with Gasteiger partial charge in [0.1, 0.15) is 5.75 Å². The molecule has 0 radical (unpaired) electrons. The smallest absolute Gasteiger partial charge is 0.335 e. The van der Waals surface area contributed by atoms with E-state index >= 15 is 0 Å². The number of carbonyl (C=O) groups excluding carboxylic acids is 1. The van der Waals surface area contributed by atoms with Crippen LogP contribution in [0.2, 0.25) is 0 Å². The number of likely N-dealkylation sites (N-methyl/N-ethyl adjacent to an activating group) is 1. The number of fused-ring (bicyclic) bond motifs is 1. The summed E-state index contributed by atoms with van der Waals surface area (Å²) in [6.07, 6.45) is 6.88. The number of aromatic carboxylic acids is 1. The Morgan fingerprint density at radius 3 is 2.41 bits per heavy atom. The quantitative estimate of drug-likeness (QED) is 0.304. The number of benzene rings is 2. The number of amides is 1. The third kappa shape index (κ3) is 7.09. The van der Waals surface area contributed by atoms with Crippen molar-refractivity contribution < 1.29 is 27.9 Å². The molecule has 1 amide bonds. The van der Waals surface area contributed by atoms with Gasteiger partial charge in [0.2, 0.25) is 0 Å². The molecule has 41 heavy (non-hydrogen) atoms. The van der Waals surface area contributed by atoms with E-state index in [4.69, 9.17) is 9.88 Å². The minimum absolute atomic E-state index is 0.142. The predicted molar refractivity (Wildman–Crippen MR) is 159 cm³/mol. The zero-order valence-electron chi connectivity index (χ0n) is 24.0. The maximum atomic E-state index is 12.9. The number of carbonyl (C=O) groups is 2. The number of aromatic nitrogens is 1. The van der Waals surface area contributed by atoms with E-state index in [9.17, 15) is 23.1 Å². The van der Waals surface area contributed by atoms with Gasteiger partial charge in [-0.25, -0.2) is 9.93 Å². The lowest BCUT2D eigenvalue weighted by Crippen LogP contribution is -2.35. The number of aryl methyl sites for hydroxylation is 1. The number of unbranched alkanes of at least 4 members (excludes halogenated alkanes) is 1. The van der Waals surface area contributed by atoms with Crippen molar-refractivity contribution in [2.45, 2.75) is 50.9 Å². The molecule has 1 saturated carbocycles. The first-order valence-electron chi connectivity index (χ1n) is 14.0. The normalized spacial score (nSPS) is 14.5. The Morgan fingerprint density at radius 1 is 1.05 bits per heavy atom. The lowest BCUT2D eigenvalue weighted by atomic mass is 9.81. The maximum absolute atomic E-state index is 12.9. The summed E-state index contributed by atoms with van der Waals surface area (Å²) in [5.74, 6) is -0.204. The molecule has 0 bridgehead atoms. The topological polar surface area (TPSA) is 135 Å². The first-order chi connectivity index (χ1) is 19.5. The molecule has 3 aromatic rings. The van der Waals surface area contributed by atoms with E-state index in [1.54, 1.807) is 24.1 Å². The Hall–Kier alpha value is -3.41. The van der Waals surface area contributed by atoms with Gasteiger partial charge in [-0.15, -0.1) is 0 Å². The molecular weight excluding hydrogens is 544 g/mol. The molecule has 1 heterocycles. The van der Waals surface area contributed by atoms with Crippen LogP contribution in [-0.4, -0.2) is 73.0 Å². The summed E-state index contributed by atoms with van der Waals surface area (Å²) in [5.41, 5.74) is 4.17. The molecule has 10 nitrogen and oxygen atoms in total. The van der Waals surface area contributed by atoms with Gasteiger partial charge < -0.3 is 19.3 Å². The Bertz CT molecular complexity index is 1510. The third-order valence-corrected chi connectivity index (χ3v) is 9.12. The van der Waals surface area contributed by atoms with Gasteiger partial charge in [-0.05, 0) is 61.4 Å². The van der Waals surface area contributed by atoms with Gasteiger partial charge in [0.25, 0.3) is 16.1 Å². The second-order valence-electron chi connectivity index (χ2n) is 10.9. The van der Waals surface area contributed by atoms with E-state index in [-0.39, 0.29) is 24.6 Å². The molecule has 1 aromatic heterocycles. The van der Waals surface area contributed by atoms with Gasteiger partial charge in [-0.1, -0.05) is 37.5 Å². The highest BCUT2D eigenvalue weighted by Gasteiger charge is 2.27. The fourth-order valence-corrected chi connectivity index (χ4v) is 6.09. The highest BCUT2D eigenvalue weighted by Crippen LogP contribution is 2.45. The average Bonchev–Trinajstić information content (AvgIpc) is 3.25. The Balaban J connectivity index is 1.56. The molecule has 0 spiro atoms. The van der Waals surface area contributed by atoms with Crippen molar-refractivity contribution in [1.29, 1.82) is 0 Å². The van der Waals surface area contributed by atoms with E-state index < -0.39 is 16.2 Å². The number of rotatable bonds is 12. The number of nitrogens with zero attached hydrogens (tertiary/aromatic N) is 3. The molecule has 3 N–H and O–H groups in total. The van der Waals surface area contributed by atoms with Crippen LogP contribution in [0.5, 0.6) is 5.75 Å². The van der Waals surface area contributed by atoms with E-state index in [0.717, 1.165) is 52.1 Å². The molecule has 1 aliphatic rings. The van der Waals surface area contributed by atoms with Crippen molar-refractivity contribution in [2.24, 2.45) is 12.2 Å². The zero-order chi connectivity index (χ0) is 29.7.